The molecule has 0 aliphatic heterocycles. The Morgan fingerprint density at radius 1 is 1.21 bits per heavy atom. The van der Waals surface area contributed by atoms with E-state index in [1.165, 1.54) is 0 Å². The summed E-state index contributed by atoms with van der Waals surface area (Å²) >= 11 is 5.28. The predicted molar refractivity (Wildman–Crippen MR) is 78.8 cm³/mol. The molecule has 7 heteroatoms. The molecule has 0 saturated heterocycles. The highest BCUT2D eigenvalue weighted by Gasteiger charge is 2.22. The molecular formula is C12H21N2O3PS. The topological polar surface area (TPSA) is 53.5 Å². The van der Waals surface area contributed by atoms with Crippen LogP contribution in [0, 0.1) is 0 Å². The van der Waals surface area contributed by atoms with Gasteiger partial charge in [-0.05, 0) is 32.8 Å². The highest BCUT2D eigenvalue weighted by Crippen LogP contribution is 2.48. The summed E-state index contributed by atoms with van der Waals surface area (Å²) in [4.78, 5) is 8.39. The smallest absolute Gasteiger partial charge is 0.382 e. The molecular weight excluding hydrogens is 283 g/mol. The van der Waals surface area contributed by atoms with E-state index in [4.69, 9.17) is 25.4 Å². The molecule has 108 valence electrons. The highest BCUT2D eigenvalue weighted by molar-refractivity contribution is 8.07. The van der Waals surface area contributed by atoms with E-state index < -0.39 is 6.72 Å². The summed E-state index contributed by atoms with van der Waals surface area (Å²) in [5, 5.41) is 0. The Morgan fingerprint density at radius 3 is 2.47 bits per heavy atom. The van der Waals surface area contributed by atoms with Gasteiger partial charge in [-0.3, -0.25) is 9.05 Å². The Labute approximate surface area is 120 Å². The van der Waals surface area contributed by atoms with Gasteiger partial charge in [0, 0.05) is 23.7 Å². The van der Waals surface area contributed by atoms with Crippen LogP contribution in [0.3, 0.4) is 0 Å². The number of unbranched alkanes of at least 4 members (excludes halogenated alkanes) is 1. The molecule has 1 heterocycles. The van der Waals surface area contributed by atoms with Gasteiger partial charge in [-0.1, -0.05) is 13.3 Å². The summed E-state index contributed by atoms with van der Waals surface area (Å²) in [6, 6.07) is 2.12. The quantitative estimate of drug-likeness (QED) is 0.651. The van der Waals surface area contributed by atoms with Crippen molar-refractivity contribution in [1.82, 2.24) is 9.97 Å². The molecule has 19 heavy (non-hydrogen) atoms. The van der Waals surface area contributed by atoms with Crippen molar-refractivity contribution in [2.24, 2.45) is 0 Å². The van der Waals surface area contributed by atoms with Crippen molar-refractivity contribution in [3.63, 3.8) is 0 Å². The Hall–Kier alpha value is -0.550. The van der Waals surface area contributed by atoms with Crippen LogP contribution >= 0.6 is 6.72 Å². The Morgan fingerprint density at radius 2 is 1.89 bits per heavy atom. The fraction of sp³-hybridized carbons (Fsp3) is 0.667. The highest BCUT2D eigenvalue weighted by atomic mass is 32.5. The minimum absolute atomic E-state index is 0.235. The molecule has 1 aromatic rings. The number of aromatic nitrogens is 2. The van der Waals surface area contributed by atoms with Gasteiger partial charge in [0.15, 0.2) is 0 Å². The van der Waals surface area contributed by atoms with E-state index in [0.717, 1.165) is 25.0 Å². The Balaban J connectivity index is 2.76. The molecule has 0 aliphatic rings. The molecule has 0 unspecified atom stereocenters. The second kappa shape index (κ2) is 8.59. The second-order valence-electron chi connectivity index (χ2n) is 3.81. The van der Waals surface area contributed by atoms with E-state index in [1.54, 1.807) is 6.20 Å². The zero-order chi connectivity index (χ0) is 14.1. The monoisotopic (exact) mass is 304 g/mol. The first kappa shape index (κ1) is 16.5. The lowest BCUT2D eigenvalue weighted by Gasteiger charge is -2.19. The minimum atomic E-state index is -2.78. The van der Waals surface area contributed by atoms with Crippen molar-refractivity contribution in [3.05, 3.63) is 18.0 Å². The normalized spacial score (nSPS) is 11.5. The summed E-state index contributed by atoms with van der Waals surface area (Å²) in [5.41, 5.74) is 0.946. The zero-order valence-electron chi connectivity index (χ0n) is 11.7. The lowest BCUT2D eigenvalue weighted by atomic mass is 10.2. The van der Waals surface area contributed by atoms with Gasteiger partial charge in [0.1, 0.15) is 0 Å². The van der Waals surface area contributed by atoms with Gasteiger partial charge in [0.2, 0.25) is 0 Å². The zero-order valence-corrected chi connectivity index (χ0v) is 13.4. The first-order chi connectivity index (χ1) is 9.13. The number of hydrogen-bond donors (Lipinski definition) is 0. The maximum Gasteiger partial charge on any atom is 0.382 e. The van der Waals surface area contributed by atoms with Crippen molar-refractivity contribution in [3.8, 4) is 6.01 Å². The van der Waals surface area contributed by atoms with Gasteiger partial charge >= 0.3 is 12.7 Å². The molecule has 0 spiro atoms. The molecule has 0 atom stereocenters. The van der Waals surface area contributed by atoms with Gasteiger partial charge in [-0.15, -0.1) is 0 Å². The molecule has 0 saturated carbocycles. The molecule has 5 nitrogen and oxygen atoms in total. The standard InChI is InChI=1S/C12H21N2O3PS/c1-4-7-8-11-9-10-13-12(14-11)17-18(19,15-5-2)16-6-3/h9-10H,4-8H2,1-3H3. The van der Waals surface area contributed by atoms with Gasteiger partial charge < -0.3 is 4.52 Å². The number of aryl methyl sites for hydroxylation is 1. The van der Waals surface area contributed by atoms with Crippen LogP contribution in [0.2, 0.25) is 0 Å². The van der Waals surface area contributed by atoms with Crippen LogP contribution in [0.1, 0.15) is 39.3 Å². The summed E-state index contributed by atoms with van der Waals surface area (Å²) < 4.78 is 16.4. The van der Waals surface area contributed by atoms with Crippen molar-refractivity contribution in [2.45, 2.75) is 40.0 Å². The number of nitrogens with zero attached hydrogens (tertiary/aromatic N) is 2. The molecule has 0 aromatic carbocycles. The number of hydrogen-bond acceptors (Lipinski definition) is 6. The first-order valence-electron chi connectivity index (χ1n) is 6.54. The van der Waals surface area contributed by atoms with E-state index >= 15 is 0 Å². The van der Waals surface area contributed by atoms with E-state index in [-0.39, 0.29) is 6.01 Å². The fourth-order valence-corrected chi connectivity index (χ4v) is 3.36. The summed E-state index contributed by atoms with van der Waals surface area (Å²) in [6.07, 6.45) is 4.78. The Bertz CT molecular complexity index is 421. The van der Waals surface area contributed by atoms with Crippen LogP contribution < -0.4 is 4.52 Å². The molecule has 0 N–H and O–H groups in total. The average Bonchev–Trinajstić information content (AvgIpc) is 2.37. The van der Waals surface area contributed by atoms with Crippen molar-refractivity contribution in [1.29, 1.82) is 0 Å². The van der Waals surface area contributed by atoms with Crippen molar-refractivity contribution < 1.29 is 13.6 Å². The molecule has 0 fully saturated rings. The van der Waals surface area contributed by atoms with Crippen molar-refractivity contribution >= 4 is 18.5 Å². The van der Waals surface area contributed by atoms with Gasteiger partial charge in [-0.25, -0.2) is 4.98 Å². The third-order valence-electron chi connectivity index (χ3n) is 2.25. The third-order valence-corrected chi connectivity index (χ3v) is 4.64. The molecule has 0 radical (unpaired) electrons. The third kappa shape index (κ3) is 5.95. The van der Waals surface area contributed by atoms with Crippen molar-refractivity contribution in [2.75, 3.05) is 13.2 Å². The van der Waals surface area contributed by atoms with Crippen LogP contribution in [0.25, 0.3) is 0 Å². The first-order valence-corrected chi connectivity index (χ1v) is 9.09. The molecule has 0 amide bonds. The fourth-order valence-electron chi connectivity index (χ4n) is 1.42. The van der Waals surface area contributed by atoms with Crippen LogP contribution in [-0.2, 0) is 27.3 Å². The van der Waals surface area contributed by atoms with E-state index in [1.807, 2.05) is 19.9 Å². The summed E-state index contributed by atoms with van der Waals surface area (Å²) in [5.74, 6) is 0. The van der Waals surface area contributed by atoms with E-state index in [9.17, 15) is 0 Å². The summed E-state index contributed by atoms with van der Waals surface area (Å²) in [6.45, 7) is 3.94. The van der Waals surface area contributed by atoms with E-state index in [0.29, 0.717) is 13.2 Å². The van der Waals surface area contributed by atoms with Gasteiger partial charge in [0.25, 0.3) is 0 Å². The van der Waals surface area contributed by atoms with Gasteiger partial charge in [-0.2, -0.15) is 4.98 Å². The van der Waals surface area contributed by atoms with Crippen LogP contribution in [0.5, 0.6) is 6.01 Å². The summed E-state index contributed by atoms with van der Waals surface area (Å²) in [7, 11) is 0. The molecule has 0 bridgehead atoms. The molecule has 1 aromatic heterocycles. The SMILES string of the molecule is CCCCc1ccnc(OP(=S)(OCC)OCC)n1. The molecule has 0 aliphatic carbocycles. The minimum Gasteiger partial charge on any atom is -0.389 e. The van der Waals surface area contributed by atoms with Crippen LogP contribution in [0.15, 0.2) is 12.3 Å². The van der Waals surface area contributed by atoms with Crippen LogP contribution in [-0.4, -0.2) is 23.2 Å². The maximum atomic E-state index is 5.56. The number of rotatable bonds is 9. The lowest BCUT2D eigenvalue weighted by molar-refractivity contribution is 0.213. The molecule has 1 rings (SSSR count). The van der Waals surface area contributed by atoms with Crippen LogP contribution in [0.4, 0.5) is 0 Å². The lowest BCUT2D eigenvalue weighted by Crippen LogP contribution is -2.05. The second-order valence-corrected chi connectivity index (χ2v) is 6.74. The Kier molecular flexibility index (Phi) is 7.46. The largest absolute Gasteiger partial charge is 0.389 e. The average molecular weight is 304 g/mol. The maximum absolute atomic E-state index is 5.56. The van der Waals surface area contributed by atoms with E-state index in [2.05, 4.69) is 16.9 Å². The predicted octanol–water partition coefficient (Wildman–Crippen LogP) is 3.50. The van der Waals surface area contributed by atoms with Gasteiger partial charge in [0.05, 0.1) is 13.2 Å².